The van der Waals surface area contributed by atoms with E-state index in [-0.39, 0.29) is 0 Å². The second kappa shape index (κ2) is 15.9. The van der Waals surface area contributed by atoms with Crippen LogP contribution in [0.5, 0.6) is 0 Å². The quantitative estimate of drug-likeness (QED) is 0.325. The fourth-order valence-electron chi connectivity index (χ4n) is 1.95. The van der Waals surface area contributed by atoms with Crippen molar-refractivity contribution < 1.29 is 0 Å². The highest BCUT2D eigenvalue weighted by Crippen LogP contribution is 2.07. The van der Waals surface area contributed by atoms with Crippen LogP contribution in [0.25, 0.3) is 0 Å². The summed E-state index contributed by atoms with van der Waals surface area (Å²) in [5.41, 5.74) is 5.34. The summed E-state index contributed by atoms with van der Waals surface area (Å²) in [4.78, 5) is 0. The molecule has 17 heavy (non-hydrogen) atoms. The minimum Gasteiger partial charge on any atom is -0.318 e. The number of rotatable bonds is 14. The van der Waals surface area contributed by atoms with Gasteiger partial charge in [0.25, 0.3) is 0 Å². The summed E-state index contributed by atoms with van der Waals surface area (Å²) in [5, 5.41) is 6.60. The summed E-state index contributed by atoms with van der Waals surface area (Å²) in [7, 11) is 0. The highest BCUT2D eigenvalue weighted by atomic mass is 15.0. The first-order valence-corrected chi connectivity index (χ1v) is 7.53. The van der Waals surface area contributed by atoms with Gasteiger partial charge in [0.05, 0.1) is 0 Å². The highest BCUT2D eigenvalue weighted by Gasteiger charge is 1.92. The van der Waals surface area contributed by atoms with Crippen LogP contribution in [0, 0.1) is 0 Å². The second-order valence-electron chi connectivity index (χ2n) is 4.78. The van der Waals surface area contributed by atoms with Gasteiger partial charge in [-0.25, -0.2) is 0 Å². The van der Waals surface area contributed by atoms with E-state index in [1.54, 1.807) is 0 Å². The molecule has 0 aromatic rings. The lowest BCUT2D eigenvalue weighted by Crippen LogP contribution is -2.26. The first-order chi connectivity index (χ1) is 8.41. The molecule has 0 saturated heterocycles. The van der Waals surface area contributed by atoms with Crippen molar-refractivity contribution in [1.82, 2.24) is 10.6 Å². The van der Waals surface area contributed by atoms with Crippen molar-refractivity contribution in [2.75, 3.05) is 26.3 Å². The third-order valence-corrected chi connectivity index (χ3v) is 3.06. The standard InChI is InChI=1S/C14H33N3/c1-2-3-4-5-6-7-8-9-11-16-12-10-13-17-14-15/h16-17H,2-15H2,1H3. The van der Waals surface area contributed by atoms with E-state index < -0.39 is 0 Å². The monoisotopic (exact) mass is 243 g/mol. The van der Waals surface area contributed by atoms with Gasteiger partial charge >= 0.3 is 0 Å². The zero-order valence-electron chi connectivity index (χ0n) is 11.8. The van der Waals surface area contributed by atoms with E-state index in [2.05, 4.69) is 17.6 Å². The Morgan fingerprint density at radius 3 is 1.82 bits per heavy atom. The molecule has 0 radical (unpaired) electrons. The molecule has 0 spiro atoms. The van der Waals surface area contributed by atoms with E-state index in [0.29, 0.717) is 6.67 Å². The largest absolute Gasteiger partial charge is 0.318 e. The van der Waals surface area contributed by atoms with E-state index in [1.807, 2.05) is 0 Å². The Hall–Kier alpha value is -0.120. The third kappa shape index (κ3) is 15.9. The molecule has 0 heterocycles. The van der Waals surface area contributed by atoms with Crippen LogP contribution in [-0.2, 0) is 0 Å². The van der Waals surface area contributed by atoms with Crippen LogP contribution in [0.3, 0.4) is 0 Å². The fourth-order valence-corrected chi connectivity index (χ4v) is 1.95. The Balaban J connectivity index is 2.85. The first-order valence-electron chi connectivity index (χ1n) is 7.53. The van der Waals surface area contributed by atoms with Crippen LogP contribution < -0.4 is 16.4 Å². The molecular weight excluding hydrogens is 210 g/mol. The summed E-state index contributed by atoms with van der Waals surface area (Å²) in [5.74, 6) is 0. The SMILES string of the molecule is CCCCCCCCCCNCCCNCN. The van der Waals surface area contributed by atoms with Gasteiger partial charge in [-0.3, -0.25) is 0 Å². The molecule has 0 unspecified atom stereocenters. The van der Waals surface area contributed by atoms with E-state index in [1.165, 1.54) is 64.3 Å². The Kier molecular flexibility index (Phi) is 15.8. The molecule has 3 heteroatoms. The third-order valence-electron chi connectivity index (χ3n) is 3.06. The zero-order valence-corrected chi connectivity index (χ0v) is 11.8. The Morgan fingerprint density at radius 2 is 1.18 bits per heavy atom. The van der Waals surface area contributed by atoms with Gasteiger partial charge in [0.1, 0.15) is 0 Å². The summed E-state index contributed by atoms with van der Waals surface area (Å²) >= 11 is 0. The van der Waals surface area contributed by atoms with Crippen molar-refractivity contribution in [1.29, 1.82) is 0 Å². The van der Waals surface area contributed by atoms with E-state index in [9.17, 15) is 0 Å². The molecule has 0 bridgehead atoms. The van der Waals surface area contributed by atoms with Crippen LogP contribution in [0.15, 0.2) is 0 Å². The predicted molar refractivity (Wildman–Crippen MR) is 77.2 cm³/mol. The van der Waals surface area contributed by atoms with Gasteiger partial charge in [-0.15, -0.1) is 0 Å². The molecule has 4 N–H and O–H groups in total. The smallest absolute Gasteiger partial charge is 0.0428 e. The number of nitrogens with one attached hydrogen (secondary N) is 2. The van der Waals surface area contributed by atoms with Crippen LogP contribution in [-0.4, -0.2) is 26.3 Å². The van der Waals surface area contributed by atoms with Gasteiger partial charge < -0.3 is 16.4 Å². The van der Waals surface area contributed by atoms with Gasteiger partial charge in [-0.05, 0) is 32.5 Å². The Labute approximate surface area is 108 Å². The normalized spacial score (nSPS) is 10.9. The lowest BCUT2D eigenvalue weighted by Gasteiger charge is -2.05. The maximum atomic E-state index is 5.34. The van der Waals surface area contributed by atoms with E-state index >= 15 is 0 Å². The molecule has 104 valence electrons. The predicted octanol–water partition coefficient (Wildman–Crippen LogP) is 2.61. The Morgan fingerprint density at radius 1 is 0.647 bits per heavy atom. The maximum Gasteiger partial charge on any atom is 0.0428 e. The fraction of sp³-hybridized carbons (Fsp3) is 1.00. The minimum absolute atomic E-state index is 0.595. The molecular formula is C14H33N3. The summed E-state index contributed by atoms with van der Waals surface area (Å²) in [6.07, 6.45) is 12.4. The molecule has 0 fully saturated rings. The lowest BCUT2D eigenvalue weighted by molar-refractivity contribution is 0.544. The topological polar surface area (TPSA) is 50.1 Å². The van der Waals surface area contributed by atoms with Crippen LogP contribution in [0.1, 0.15) is 64.7 Å². The summed E-state index contributed by atoms with van der Waals surface area (Å²) < 4.78 is 0. The van der Waals surface area contributed by atoms with Crippen LogP contribution in [0.2, 0.25) is 0 Å². The first kappa shape index (κ1) is 16.9. The number of unbranched alkanes of at least 4 members (excludes halogenated alkanes) is 7. The number of hydrogen-bond donors (Lipinski definition) is 3. The molecule has 0 aliphatic heterocycles. The Bertz CT molecular complexity index is 115. The van der Waals surface area contributed by atoms with Crippen molar-refractivity contribution >= 4 is 0 Å². The molecule has 3 nitrogen and oxygen atoms in total. The average Bonchev–Trinajstić information content (AvgIpc) is 2.35. The van der Waals surface area contributed by atoms with Gasteiger partial charge in [0.15, 0.2) is 0 Å². The summed E-state index contributed by atoms with van der Waals surface area (Å²) in [6, 6.07) is 0. The van der Waals surface area contributed by atoms with Gasteiger partial charge in [-0.2, -0.15) is 0 Å². The average molecular weight is 243 g/mol. The van der Waals surface area contributed by atoms with E-state index in [4.69, 9.17) is 5.73 Å². The molecule has 0 aromatic heterocycles. The van der Waals surface area contributed by atoms with Crippen molar-refractivity contribution in [2.24, 2.45) is 5.73 Å². The lowest BCUT2D eigenvalue weighted by atomic mass is 10.1. The zero-order chi connectivity index (χ0) is 12.6. The molecule has 0 saturated carbocycles. The number of hydrogen-bond acceptors (Lipinski definition) is 3. The highest BCUT2D eigenvalue weighted by molar-refractivity contribution is 4.52. The molecule has 0 atom stereocenters. The van der Waals surface area contributed by atoms with Gasteiger partial charge in [0, 0.05) is 6.67 Å². The van der Waals surface area contributed by atoms with E-state index in [0.717, 1.165) is 13.1 Å². The molecule has 0 aromatic carbocycles. The van der Waals surface area contributed by atoms with Crippen molar-refractivity contribution in [3.63, 3.8) is 0 Å². The van der Waals surface area contributed by atoms with Gasteiger partial charge in [-0.1, -0.05) is 51.9 Å². The summed E-state index contributed by atoms with van der Waals surface area (Å²) in [6.45, 7) is 6.19. The van der Waals surface area contributed by atoms with Crippen molar-refractivity contribution in [2.45, 2.75) is 64.7 Å². The van der Waals surface area contributed by atoms with Crippen molar-refractivity contribution in [3.05, 3.63) is 0 Å². The van der Waals surface area contributed by atoms with Gasteiger partial charge in [0.2, 0.25) is 0 Å². The minimum atomic E-state index is 0.595. The molecule has 0 aliphatic rings. The van der Waals surface area contributed by atoms with Crippen molar-refractivity contribution in [3.8, 4) is 0 Å². The van der Waals surface area contributed by atoms with Crippen LogP contribution in [0.4, 0.5) is 0 Å². The second-order valence-corrected chi connectivity index (χ2v) is 4.78. The molecule has 0 amide bonds. The maximum absolute atomic E-state index is 5.34. The molecule has 0 rings (SSSR count). The molecule has 0 aliphatic carbocycles. The van der Waals surface area contributed by atoms with Crippen LogP contribution >= 0.6 is 0 Å². The number of nitrogens with two attached hydrogens (primary N) is 1.